The zero-order valence-corrected chi connectivity index (χ0v) is 94.7. The fourth-order valence-corrected chi connectivity index (χ4v) is 32.2. The van der Waals surface area contributed by atoms with E-state index < -0.39 is 0 Å². The maximum Gasteiger partial charge on any atom is 0.0822 e. The molecule has 10 unspecified atom stereocenters. The van der Waals surface area contributed by atoms with Crippen molar-refractivity contribution in [2.24, 2.45) is 136 Å². The van der Waals surface area contributed by atoms with Crippen LogP contribution < -0.4 is 0 Å². The van der Waals surface area contributed by atoms with Gasteiger partial charge in [-0.1, -0.05) is 516 Å². The second-order valence-electron chi connectivity index (χ2n) is 50.8. The van der Waals surface area contributed by atoms with Crippen molar-refractivity contribution in [1.82, 2.24) is 0 Å². The molecule has 18 rings (SSSR count). The molecule has 0 saturated heterocycles. The predicted molar refractivity (Wildman–Crippen MR) is 607 cm³/mol. The lowest BCUT2D eigenvalue weighted by atomic mass is 9.68. The van der Waals surface area contributed by atoms with E-state index >= 15 is 0 Å². The second kappa shape index (κ2) is 80.4. The van der Waals surface area contributed by atoms with Gasteiger partial charge in [-0.05, 0) is 333 Å². The molecular weight excluding hydrogens is 1630 g/mol. The standard InChI is InChI=1S/C26H34.2C20H36.2C14H26.2C8H16.2C6H12.C6H14.C5H10.C3H7/c1-3-4-5-6-8-11-21(2)25-18-19-26(20-25)24-16-14-23(15-17-24)22-12-9-7-10-13-22;2*1-2-6-16-9-10-20(15-16)19-13-11-18(12-14-19)17-7-4-3-5-8-17;2*1-2-6-12-9-10-14(11-12)13-7-4-3-5-8-13;2*1-2-5-8-6-3-4-7-8;2*1-2-4-6-5-3-1;1-3-5-6-4-2;1-2-4-5-3-1;1-3-2/h22-26H,1,7,9-10,12-20H2,2H3;2*16-20H,2-15H2,1H3;2*12-14H,2-11H2,1H3;2*8H,2-7H2,1H3;2*1-6H2;3-6H2,1-2H3;1-5H2;1,3H2,2H3/q;;;;;;;;;;;+1. The number of allylic oxidation sites excluding steroid dienone is 1. The summed E-state index contributed by atoms with van der Waals surface area (Å²) in [6.45, 7) is 29.6. The van der Waals surface area contributed by atoms with Crippen LogP contribution in [0.5, 0.6) is 0 Å². The molecule has 18 saturated carbocycles. The first kappa shape index (κ1) is 121. The van der Waals surface area contributed by atoms with Crippen LogP contribution in [0.25, 0.3) is 0 Å². The Morgan fingerprint density at radius 1 is 0.191 bits per heavy atom. The molecule has 0 bridgehead atoms. The lowest BCUT2D eigenvalue weighted by Gasteiger charge is -2.37. The minimum absolute atomic E-state index is 0.698. The number of hydrogen-bond acceptors (Lipinski definition) is 0. The third kappa shape index (κ3) is 52.6. The Balaban J connectivity index is 0.000000211. The van der Waals surface area contributed by atoms with Gasteiger partial charge in [0.25, 0.3) is 0 Å². The highest BCUT2D eigenvalue weighted by Gasteiger charge is 2.40. The van der Waals surface area contributed by atoms with Gasteiger partial charge in [0.15, 0.2) is 0 Å². The first-order valence-electron chi connectivity index (χ1n) is 64.9. The summed E-state index contributed by atoms with van der Waals surface area (Å²) in [5.74, 6) is 24.9. The van der Waals surface area contributed by atoms with E-state index in [1.165, 1.54) is 423 Å². The van der Waals surface area contributed by atoms with E-state index in [1.807, 2.05) is 6.92 Å². The Bertz CT molecular complexity index is 2750. The number of hydrogen-bond donors (Lipinski definition) is 0. The number of unbranched alkanes of at least 4 members (excludes halogenated alkanes) is 3. The summed E-state index contributed by atoms with van der Waals surface area (Å²) in [6, 6.07) is 0. The van der Waals surface area contributed by atoms with Crippen LogP contribution in [0, 0.1) is 143 Å². The highest BCUT2D eigenvalue weighted by Crippen LogP contribution is 2.53. The van der Waals surface area contributed by atoms with Crippen molar-refractivity contribution < 1.29 is 0 Å². The Morgan fingerprint density at radius 3 is 0.596 bits per heavy atom. The van der Waals surface area contributed by atoms with E-state index in [1.54, 1.807) is 180 Å². The van der Waals surface area contributed by atoms with E-state index in [9.17, 15) is 0 Å². The maximum atomic E-state index is 3.49. The molecule has 18 aliphatic carbocycles. The van der Waals surface area contributed by atoms with Gasteiger partial charge in [-0.2, -0.15) is 0 Å². The van der Waals surface area contributed by atoms with Crippen LogP contribution in [0.2, 0.25) is 0 Å². The first-order valence-corrected chi connectivity index (χ1v) is 64.9. The fraction of sp³-hybridized carbons (Fsp3) is 0.934. The SMILES string of the molecule is C1CCCC1.C1CCCCC1.C1CCCCC1.C=C=C=C=C=C=C=C(C)C1CCC(C2CCC(C3CCCCC3)CC2)C1.CCCC1CCC(C2CCC(C3CCCCC3)CC2)C1.CCCC1CCC(C2CCC(C3CCCCC3)CC2)C1.CCCC1CCC(C2CCCCC2)C1.CCCC1CCC(C2CCCCC2)C1.CCCC1CCCC1.CCCC1CCCC1.CCCCCC.[CH2+]CC. The summed E-state index contributed by atoms with van der Waals surface area (Å²) in [6.07, 6.45) is 142. The third-order valence-electron chi connectivity index (χ3n) is 40.3. The van der Waals surface area contributed by atoms with Gasteiger partial charge in [0.05, 0.1) is 13.3 Å². The van der Waals surface area contributed by atoms with Crippen molar-refractivity contribution in [3.8, 4) is 0 Å². The van der Waals surface area contributed by atoms with Gasteiger partial charge < -0.3 is 0 Å². The van der Waals surface area contributed by atoms with Gasteiger partial charge in [0.2, 0.25) is 0 Å². The Hall–Kier alpha value is -1.71. The summed E-state index contributed by atoms with van der Waals surface area (Å²) in [5, 5.41) is 0. The van der Waals surface area contributed by atoms with Crippen molar-refractivity contribution >= 4 is 0 Å². The first-order chi connectivity index (χ1) is 67.0. The molecule has 0 heterocycles. The molecule has 0 aromatic carbocycles. The van der Waals surface area contributed by atoms with E-state index in [2.05, 4.69) is 110 Å². The van der Waals surface area contributed by atoms with Gasteiger partial charge in [0, 0.05) is 0 Å². The highest BCUT2D eigenvalue weighted by atomic mass is 14.5. The zero-order valence-electron chi connectivity index (χ0n) is 94.7. The molecular formula is C136H245+. The van der Waals surface area contributed by atoms with Gasteiger partial charge in [-0.15, -0.1) is 0 Å². The maximum absolute atomic E-state index is 3.49. The summed E-state index contributed by atoms with van der Waals surface area (Å²) in [4.78, 5) is 0. The van der Waals surface area contributed by atoms with Crippen LogP contribution in [0.3, 0.4) is 0 Å². The molecule has 0 spiro atoms. The third-order valence-corrected chi connectivity index (χ3v) is 40.3. The molecule has 0 N–H and O–H groups in total. The van der Waals surface area contributed by atoms with Crippen LogP contribution >= 0.6 is 0 Å². The monoisotopic (exact) mass is 1880 g/mol. The van der Waals surface area contributed by atoms with Crippen LogP contribution in [0.15, 0.2) is 46.5 Å². The minimum Gasteiger partial charge on any atom is -0.0687 e. The smallest absolute Gasteiger partial charge is 0.0687 e. The lowest BCUT2D eigenvalue weighted by Crippen LogP contribution is -2.26. The lowest BCUT2D eigenvalue weighted by molar-refractivity contribution is 0.139. The van der Waals surface area contributed by atoms with Crippen LogP contribution in [0.4, 0.5) is 0 Å². The normalized spacial score (nSPS) is 31.1. The Morgan fingerprint density at radius 2 is 0.368 bits per heavy atom. The largest absolute Gasteiger partial charge is 0.0822 e. The van der Waals surface area contributed by atoms with E-state index in [0.29, 0.717) is 5.92 Å². The molecule has 18 fully saturated rings. The zero-order chi connectivity index (χ0) is 96.6. The fourth-order valence-electron chi connectivity index (χ4n) is 32.2. The van der Waals surface area contributed by atoms with E-state index in [0.717, 1.165) is 137 Å². The van der Waals surface area contributed by atoms with Crippen molar-refractivity contribution in [1.29, 1.82) is 0 Å². The summed E-state index contributed by atoms with van der Waals surface area (Å²) >= 11 is 0. The summed E-state index contributed by atoms with van der Waals surface area (Å²) in [7, 11) is 0. The van der Waals surface area contributed by atoms with Crippen molar-refractivity contribution in [3.05, 3.63) is 53.5 Å². The predicted octanol–water partition coefficient (Wildman–Crippen LogP) is 46.4. The number of rotatable bonds is 24. The molecule has 0 aromatic rings. The van der Waals surface area contributed by atoms with E-state index in [4.69, 9.17) is 0 Å². The molecule has 0 nitrogen and oxygen atoms in total. The van der Waals surface area contributed by atoms with Gasteiger partial charge >= 0.3 is 0 Å². The molecule has 0 amide bonds. The highest BCUT2D eigenvalue weighted by molar-refractivity contribution is 5.07. The van der Waals surface area contributed by atoms with Crippen molar-refractivity contribution in [2.75, 3.05) is 0 Å². The van der Waals surface area contributed by atoms with Crippen LogP contribution in [0.1, 0.15) is 673 Å². The van der Waals surface area contributed by atoms with Gasteiger partial charge in [-0.3, -0.25) is 0 Å². The summed E-state index contributed by atoms with van der Waals surface area (Å²) in [5.41, 5.74) is 18.2. The molecule has 18 aliphatic rings. The van der Waals surface area contributed by atoms with Crippen molar-refractivity contribution in [3.63, 3.8) is 0 Å². The van der Waals surface area contributed by atoms with E-state index in [-0.39, 0.29) is 0 Å². The molecule has 0 aliphatic heterocycles. The molecule has 136 heavy (non-hydrogen) atoms. The average Bonchev–Trinajstić information content (AvgIpc) is 1.44. The van der Waals surface area contributed by atoms with Crippen LogP contribution in [-0.2, 0) is 0 Å². The summed E-state index contributed by atoms with van der Waals surface area (Å²) < 4.78 is 0. The molecule has 0 aromatic heterocycles. The van der Waals surface area contributed by atoms with Crippen LogP contribution in [-0.4, -0.2) is 0 Å². The Kier molecular flexibility index (Phi) is 71.7. The second-order valence-corrected chi connectivity index (χ2v) is 50.8. The average molecular weight is 1880 g/mol. The Labute approximate surface area is 856 Å². The van der Waals surface area contributed by atoms with Gasteiger partial charge in [-0.25, -0.2) is 0 Å². The molecule has 0 radical (unpaired) electrons. The minimum atomic E-state index is 0.698. The van der Waals surface area contributed by atoms with Crippen molar-refractivity contribution in [2.45, 2.75) is 673 Å². The molecule has 0 heteroatoms. The molecule has 10 atom stereocenters. The topological polar surface area (TPSA) is 0 Å². The van der Waals surface area contributed by atoms with Gasteiger partial charge in [0.1, 0.15) is 0 Å². The quantitative estimate of drug-likeness (QED) is 0.0513. The molecule has 788 valence electrons.